The van der Waals surface area contributed by atoms with Crippen molar-refractivity contribution in [1.29, 1.82) is 0 Å². The van der Waals surface area contributed by atoms with Crippen molar-refractivity contribution >= 4 is 22.1 Å². The summed E-state index contributed by atoms with van der Waals surface area (Å²) in [5.41, 5.74) is 7.64. The van der Waals surface area contributed by atoms with Crippen molar-refractivity contribution in [3.05, 3.63) is 58.4 Å². The minimum atomic E-state index is -0.210. The average Bonchev–Trinajstić information content (AvgIpc) is 3.67. The predicted octanol–water partition coefficient (Wildman–Crippen LogP) is 7.45. The molecule has 172 valence electrons. The second-order valence-electron chi connectivity index (χ2n) is 10.9. The highest BCUT2D eigenvalue weighted by molar-refractivity contribution is 5.83. The van der Waals surface area contributed by atoms with Gasteiger partial charge in [0.15, 0.2) is 5.82 Å². The first-order valence-electron chi connectivity index (χ1n) is 12.4. The van der Waals surface area contributed by atoms with E-state index in [1.165, 1.54) is 29.5 Å². The zero-order valence-corrected chi connectivity index (χ0v) is 20.5. The second-order valence-corrected chi connectivity index (χ2v) is 10.9. The van der Waals surface area contributed by atoms with Crippen LogP contribution >= 0.6 is 0 Å². The van der Waals surface area contributed by atoms with Gasteiger partial charge in [-0.15, -0.1) is 0 Å². The number of nitrogens with zero attached hydrogens (tertiary/aromatic N) is 4. The first-order chi connectivity index (χ1) is 15.7. The Bertz CT molecular complexity index is 1400. The van der Waals surface area contributed by atoms with E-state index in [0.29, 0.717) is 29.4 Å². The zero-order chi connectivity index (χ0) is 23.2. The molecule has 0 amide bonds. The standard InChI is InChI=1S/C28H33FN4/c1-14(2)18-9-22(27-25(11-18)32(16(5)30-27)20-7-8-20)21-13-24(21)33-17(6)31-28-23(29)10-19(15(3)4)12-26(28)33/h9-12,14-15,20-21,24H,7-8,13H2,1-6H3. The lowest BCUT2D eigenvalue weighted by Gasteiger charge is -2.13. The number of hydrogen-bond acceptors (Lipinski definition) is 2. The van der Waals surface area contributed by atoms with Crippen LogP contribution < -0.4 is 0 Å². The maximum Gasteiger partial charge on any atom is 0.151 e. The molecule has 2 aliphatic rings. The molecule has 2 aromatic heterocycles. The van der Waals surface area contributed by atoms with E-state index in [4.69, 9.17) is 4.98 Å². The van der Waals surface area contributed by atoms with Crippen LogP contribution in [0.4, 0.5) is 4.39 Å². The van der Waals surface area contributed by atoms with Gasteiger partial charge in [0.2, 0.25) is 0 Å². The van der Waals surface area contributed by atoms with Crippen LogP contribution in [0, 0.1) is 19.7 Å². The molecule has 4 nitrogen and oxygen atoms in total. The van der Waals surface area contributed by atoms with Crippen molar-refractivity contribution in [3.63, 3.8) is 0 Å². The molecule has 5 heteroatoms. The Morgan fingerprint density at radius 2 is 1.39 bits per heavy atom. The highest BCUT2D eigenvalue weighted by Gasteiger charge is 2.43. The minimum Gasteiger partial charge on any atom is -0.325 e. The van der Waals surface area contributed by atoms with Gasteiger partial charge in [-0.25, -0.2) is 14.4 Å². The maximum atomic E-state index is 14.9. The molecule has 2 heterocycles. The normalized spacial score (nSPS) is 20.6. The third-order valence-corrected chi connectivity index (χ3v) is 7.70. The maximum absolute atomic E-state index is 14.9. The quantitative estimate of drug-likeness (QED) is 0.320. The van der Waals surface area contributed by atoms with Crippen LogP contribution in [-0.4, -0.2) is 19.1 Å². The smallest absolute Gasteiger partial charge is 0.151 e. The summed E-state index contributed by atoms with van der Waals surface area (Å²) in [6.45, 7) is 12.9. The number of aryl methyl sites for hydroxylation is 2. The fourth-order valence-corrected chi connectivity index (χ4v) is 5.61. The van der Waals surface area contributed by atoms with E-state index in [0.717, 1.165) is 34.7 Å². The van der Waals surface area contributed by atoms with Gasteiger partial charge in [-0.05, 0) is 79.8 Å². The molecule has 0 bridgehead atoms. The number of aromatic nitrogens is 4. The molecule has 2 aromatic carbocycles. The minimum absolute atomic E-state index is 0.210. The lowest BCUT2D eigenvalue weighted by Crippen LogP contribution is -2.01. The lowest BCUT2D eigenvalue weighted by molar-refractivity contribution is 0.632. The van der Waals surface area contributed by atoms with E-state index in [1.54, 1.807) is 6.07 Å². The molecule has 2 aliphatic carbocycles. The highest BCUT2D eigenvalue weighted by Crippen LogP contribution is 2.55. The molecule has 0 saturated heterocycles. The Hall–Kier alpha value is -2.69. The fourth-order valence-electron chi connectivity index (χ4n) is 5.61. The van der Waals surface area contributed by atoms with Gasteiger partial charge in [-0.1, -0.05) is 33.8 Å². The van der Waals surface area contributed by atoms with Crippen LogP contribution in [0.25, 0.3) is 22.1 Å². The number of fused-ring (bicyclic) bond motifs is 2. The lowest BCUT2D eigenvalue weighted by atomic mass is 9.97. The predicted molar refractivity (Wildman–Crippen MR) is 132 cm³/mol. The number of hydrogen-bond donors (Lipinski definition) is 0. The number of imidazole rings is 2. The molecule has 6 rings (SSSR count). The third kappa shape index (κ3) is 3.23. The van der Waals surface area contributed by atoms with Gasteiger partial charge in [0.05, 0.1) is 16.6 Å². The van der Waals surface area contributed by atoms with Crippen molar-refractivity contribution in [2.75, 3.05) is 0 Å². The van der Waals surface area contributed by atoms with Gasteiger partial charge >= 0.3 is 0 Å². The molecular weight excluding hydrogens is 411 g/mol. The molecule has 0 N–H and O–H groups in total. The summed E-state index contributed by atoms with van der Waals surface area (Å²) in [5.74, 6) is 2.94. The fraction of sp³-hybridized carbons (Fsp3) is 0.500. The summed E-state index contributed by atoms with van der Waals surface area (Å²) in [4.78, 5) is 9.69. The molecule has 2 unspecified atom stereocenters. The number of benzene rings is 2. The summed E-state index contributed by atoms with van der Waals surface area (Å²) in [6.07, 6.45) is 3.55. The Kier molecular flexibility index (Phi) is 4.53. The van der Waals surface area contributed by atoms with Gasteiger partial charge in [0.1, 0.15) is 17.2 Å². The first kappa shape index (κ1) is 20.9. The molecule has 2 saturated carbocycles. The van der Waals surface area contributed by atoms with E-state index in [-0.39, 0.29) is 11.7 Å². The monoisotopic (exact) mass is 444 g/mol. The molecule has 0 radical (unpaired) electrons. The van der Waals surface area contributed by atoms with Crippen LogP contribution in [0.3, 0.4) is 0 Å². The molecule has 0 spiro atoms. The van der Waals surface area contributed by atoms with E-state index < -0.39 is 0 Å². The largest absolute Gasteiger partial charge is 0.325 e. The molecule has 2 atom stereocenters. The van der Waals surface area contributed by atoms with Gasteiger partial charge in [0, 0.05) is 18.0 Å². The van der Waals surface area contributed by atoms with Crippen molar-refractivity contribution in [3.8, 4) is 0 Å². The van der Waals surface area contributed by atoms with Crippen LogP contribution in [0.1, 0.15) is 105 Å². The first-order valence-corrected chi connectivity index (χ1v) is 12.4. The van der Waals surface area contributed by atoms with E-state index in [1.807, 2.05) is 6.92 Å². The third-order valence-electron chi connectivity index (χ3n) is 7.70. The summed E-state index contributed by atoms with van der Waals surface area (Å²) in [6, 6.07) is 9.45. The Morgan fingerprint density at radius 1 is 0.818 bits per heavy atom. The highest BCUT2D eigenvalue weighted by atomic mass is 19.1. The topological polar surface area (TPSA) is 35.6 Å². The summed E-state index contributed by atoms with van der Waals surface area (Å²) < 4.78 is 19.6. The van der Waals surface area contributed by atoms with Crippen LogP contribution in [0.15, 0.2) is 24.3 Å². The Balaban J connectivity index is 1.49. The van der Waals surface area contributed by atoms with Crippen molar-refractivity contribution < 1.29 is 4.39 Å². The molecule has 4 aromatic rings. The summed E-state index contributed by atoms with van der Waals surface area (Å²) in [7, 11) is 0. The van der Waals surface area contributed by atoms with Crippen molar-refractivity contribution in [1.82, 2.24) is 19.1 Å². The van der Waals surface area contributed by atoms with Gasteiger partial charge in [-0.3, -0.25) is 0 Å². The summed E-state index contributed by atoms with van der Waals surface area (Å²) >= 11 is 0. The zero-order valence-electron chi connectivity index (χ0n) is 20.5. The molecular formula is C28H33FN4. The van der Waals surface area contributed by atoms with Crippen LogP contribution in [0.5, 0.6) is 0 Å². The van der Waals surface area contributed by atoms with Crippen LogP contribution in [0.2, 0.25) is 0 Å². The van der Waals surface area contributed by atoms with Gasteiger partial charge < -0.3 is 9.13 Å². The molecule has 0 aliphatic heterocycles. The van der Waals surface area contributed by atoms with Crippen molar-refractivity contribution in [2.45, 2.75) is 90.6 Å². The van der Waals surface area contributed by atoms with E-state index in [9.17, 15) is 4.39 Å². The summed E-state index contributed by atoms with van der Waals surface area (Å²) in [5, 5.41) is 0. The van der Waals surface area contributed by atoms with Gasteiger partial charge in [-0.2, -0.15) is 0 Å². The molecule has 33 heavy (non-hydrogen) atoms. The SMILES string of the molecule is Cc1nc2c(C3CC3n3c(C)nc4c(F)cc(C(C)C)cc43)cc(C(C)C)cc2n1C1CC1. The number of halogens is 1. The Morgan fingerprint density at radius 3 is 2.03 bits per heavy atom. The van der Waals surface area contributed by atoms with Gasteiger partial charge in [0.25, 0.3) is 0 Å². The van der Waals surface area contributed by atoms with E-state index >= 15 is 0 Å². The number of rotatable bonds is 5. The van der Waals surface area contributed by atoms with E-state index in [2.05, 4.69) is 66.9 Å². The average molecular weight is 445 g/mol. The molecule has 2 fully saturated rings. The second kappa shape index (κ2) is 7.15. The Labute approximate surface area is 194 Å². The van der Waals surface area contributed by atoms with Crippen molar-refractivity contribution in [2.24, 2.45) is 0 Å². The van der Waals surface area contributed by atoms with Crippen LogP contribution in [-0.2, 0) is 0 Å².